The molecule has 0 spiro atoms. The highest BCUT2D eigenvalue weighted by atomic mass is 32.1. The lowest BCUT2D eigenvalue weighted by Gasteiger charge is -2.10. The van der Waals surface area contributed by atoms with Crippen molar-refractivity contribution < 1.29 is 27.9 Å². The van der Waals surface area contributed by atoms with Crippen molar-refractivity contribution in [3.63, 3.8) is 0 Å². The van der Waals surface area contributed by atoms with Crippen LogP contribution in [-0.2, 0) is 0 Å². The van der Waals surface area contributed by atoms with Crippen LogP contribution in [0.15, 0.2) is 46.8 Å². The lowest BCUT2D eigenvalue weighted by Crippen LogP contribution is -2.26. The zero-order valence-electron chi connectivity index (χ0n) is 12.2. The van der Waals surface area contributed by atoms with Crippen molar-refractivity contribution in [1.82, 2.24) is 0 Å². The van der Waals surface area contributed by atoms with Crippen LogP contribution in [0.2, 0.25) is 0 Å². The topological polar surface area (TPSA) is 66.7 Å². The van der Waals surface area contributed by atoms with E-state index in [0.29, 0.717) is 0 Å². The van der Waals surface area contributed by atoms with E-state index in [9.17, 15) is 27.9 Å². The van der Waals surface area contributed by atoms with Crippen LogP contribution in [0.1, 0.15) is 26.5 Å². The number of aliphatic imine (C=N–C) groups is 1. The van der Waals surface area contributed by atoms with E-state index < -0.39 is 36.4 Å². The zero-order chi connectivity index (χ0) is 17.7. The third-order valence-electron chi connectivity index (χ3n) is 3.07. The van der Waals surface area contributed by atoms with Crippen molar-refractivity contribution in [2.45, 2.75) is 12.6 Å². The summed E-state index contributed by atoms with van der Waals surface area (Å²) < 4.78 is 39.0. The standard InChI is InChI=1S/C16H12F3NO3S/c17-16(18,19)15(8-12(22)14-6-3-7-24-14)20-9-13(23)10-4-1-2-5-11(10)21/h1-7,21H,8-9H2. The van der Waals surface area contributed by atoms with Crippen LogP contribution in [0.5, 0.6) is 5.75 Å². The van der Waals surface area contributed by atoms with Crippen molar-refractivity contribution in [2.75, 3.05) is 6.54 Å². The molecule has 4 nitrogen and oxygen atoms in total. The molecule has 0 atom stereocenters. The van der Waals surface area contributed by atoms with Gasteiger partial charge in [-0.15, -0.1) is 11.3 Å². The molecule has 1 aromatic carbocycles. The van der Waals surface area contributed by atoms with E-state index in [1.165, 1.54) is 30.3 Å². The van der Waals surface area contributed by atoms with Gasteiger partial charge in [-0.05, 0) is 23.6 Å². The fourth-order valence-corrected chi connectivity index (χ4v) is 2.55. The first-order chi connectivity index (χ1) is 11.3. The Bertz CT molecular complexity index is 767. The van der Waals surface area contributed by atoms with E-state index in [4.69, 9.17) is 0 Å². The molecule has 0 fully saturated rings. The molecular formula is C16H12F3NO3S. The Kier molecular flexibility index (Phi) is 5.50. The van der Waals surface area contributed by atoms with Crippen LogP contribution in [-0.4, -0.2) is 35.1 Å². The molecule has 0 amide bonds. The Labute approximate surface area is 139 Å². The van der Waals surface area contributed by atoms with Gasteiger partial charge < -0.3 is 5.11 Å². The highest BCUT2D eigenvalue weighted by Crippen LogP contribution is 2.23. The van der Waals surface area contributed by atoms with Crippen LogP contribution in [0.3, 0.4) is 0 Å². The van der Waals surface area contributed by atoms with Crippen molar-refractivity contribution in [3.05, 3.63) is 52.2 Å². The number of aromatic hydroxyl groups is 1. The molecule has 0 bridgehead atoms. The number of phenols is 1. The fourth-order valence-electron chi connectivity index (χ4n) is 1.88. The fraction of sp³-hybridized carbons (Fsp3) is 0.188. The van der Waals surface area contributed by atoms with Gasteiger partial charge >= 0.3 is 6.18 Å². The van der Waals surface area contributed by atoms with Gasteiger partial charge in [0.1, 0.15) is 18.0 Å². The number of hydrogen-bond donors (Lipinski definition) is 1. The first kappa shape index (κ1) is 17.9. The maximum Gasteiger partial charge on any atom is 0.429 e. The number of rotatable bonds is 6. The summed E-state index contributed by atoms with van der Waals surface area (Å²) in [7, 11) is 0. The molecule has 8 heteroatoms. The predicted octanol–water partition coefficient (Wildman–Crippen LogP) is 3.91. The van der Waals surface area contributed by atoms with Crippen molar-refractivity contribution in [3.8, 4) is 5.75 Å². The maximum atomic E-state index is 13.0. The molecule has 1 aromatic heterocycles. The molecule has 126 valence electrons. The minimum Gasteiger partial charge on any atom is -0.507 e. The van der Waals surface area contributed by atoms with Gasteiger partial charge in [0.05, 0.1) is 16.9 Å². The molecule has 1 N–H and O–H groups in total. The number of nitrogens with zero attached hydrogens (tertiary/aromatic N) is 1. The molecule has 0 aliphatic heterocycles. The van der Waals surface area contributed by atoms with Gasteiger partial charge in [0.25, 0.3) is 0 Å². The van der Waals surface area contributed by atoms with Gasteiger partial charge in [0, 0.05) is 0 Å². The second-order valence-electron chi connectivity index (χ2n) is 4.78. The third kappa shape index (κ3) is 4.51. The van der Waals surface area contributed by atoms with Gasteiger partial charge in [-0.25, -0.2) is 0 Å². The van der Waals surface area contributed by atoms with Gasteiger partial charge in [-0.2, -0.15) is 13.2 Å². The number of benzene rings is 1. The van der Waals surface area contributed by atoms with Crippen molar-refractivity contribution in [1.29, 1.82) is 0 Å². The summed E-state index contributed by atoms with van der Waals surface area (Å²) in [5.74, 6) is -1.81. The zero-order valence-corrected chi connectivity index (χ0v) is 13.0. The summed E-state index contributed by atoms with van der Waals surface area (Å²) in [5, 5.41) is 11.1. The van der Waals surface area contributed by atoms with E-state index in [2.05, 4.69) is 4.99 Å². The molecule has 0 unspecified atom stereocenters. The first-order valence-electron chi connectivity index (χ1n) is 6.77. The van der Waals surface area contributed by atoms with Gasteiger partial charge in [0.15, 0.2) is 11.6 Å². The molecule has 2 aromatic rings. The number of carbonyl (C=O) groups is 2. The quantitative estimate of drug-likeness (QED) is 0.631. The second-order valence-corrected chi connectivity index (χ2v) is 5.73. The number of carbonyl (C=O) groups excluding carboxylic acids is 2. The molecule has 24 heavy (non-hydrogen) atoms. The maximum absolute atomic E-state index is 13.0. The number of phenolic OH excluding ortho intramolecular Hbond substituents is 1. The Morgan fingerprint density at radius 3 is 2.38 bits per heavy atom. The first-order valence-corrected chi connectivity index (χ1v) is 7.65. The molecule has 2 rings (SSSR count). The van der Waals surface area contributed by atoms with Crippen LogP contribution in [0.25, 0.3) is 0 Å². The van der Waals surface area contributed by atoms with Crippen molar-refractivity contribution in [2.24, 2.45) is 4.99 Å². The Hall–Kier alpha value is -2.48. The SMILES string of the molecule is O=C(CC(=NCC(=O)c1ccccc1O)C(F)(F)F)c1cccs1. The van der Waals surface area contributed by atoms with Crippen LogP contribution >= 0.6 is 11.3 Å². The van der Waals surface area contributed by atoms with Gasteiger partial charge in [0.2, 0.25) is 0 Å². The lowest BCUT2D eigenvalue weighted by atomic mass is 10.1. The predicted molar refractivity (Wildman–Crippen MR) is 84.1 cm³/mol. The van der Waals surface area contributed by atoms with Gasteiger partial charge in [-0.1, -0.05) is 18.2 Å². The second kappa shape index (κ2) is 7.39. The normalized spacial score (nSPS) is 12.2. The summed E-state index contributed by atoms with van der Waals surface area (Å²) in [6.07, 6.45) is -5.75. The smallest absolute Gasteiger partial charge is 0.429 e. The summed E-state index contributed by atoms with van der Waals surface area (Å²) in [4.78, 5) is 27.2. The van der Waals surface area contributed by atoms with E-state index in [1.54, 1.807) is 11.4 Å². The molecule has 0 aliphatic carbocycles. The summed E-state index contributed by atoms with van der Waals surface area (Å²) in [6, 6.07) is 8.48. The average molecular weight is 355 g/mol. The summed E-state index contributed by atoms with van der Waals surface area (Å²) in [6.45, 7) is -0.801. The summed E-state index contributed by atoms with van der Waals surface area (Å²) in [5.41, 5.74) is -1.43. The Morgan fingerprint density at radius 2 is 1.79 bits per heavy atom. The number of halogens is 3. The molecule has 0 saturated carbocycles. The van der Waals surface area contributed by atoms with Crippen LogP contribution in [0, 0.1) is 0 Å². The molecule has 0 saturated heterocycles. The van der Waals surface area contributed by atoms with E-state index in [-0.39, 0.29) is 16.2 Å². The average Bonchev–Trinajstić information content (AvgIpc) is 3.04. The highest BCUT2D eigenvalue weighted by Gasteiger charge is 2.37. The largest absolute Gasteiger partial charge is 0.507 e. The Morgan fingerprint density at radius 1 is 1.08 bits per heavy atom. The third-order valence-corrected chi connectivity index (χ3v) is 3.98. The monoisotopic (exact) mass is 355 g/mol. The van der Waals surface area contributed by atoms with E-state index in [0.717, 1.165) is 11.3 Å². The molecule has 0 radical (unpaired) electrons. The van der Waals surface area contributed by atoms with Crippen molar-refractivity contribution >= 4 is 28.6 Å². The lowest BCUT2D eigenvalue weighted by molar-refractivity contribution is -0.0603. The number of thiophene rings is 1. The minimum atomic E-state index is -4.81. The number of para-hydroxylation sites is 1. The number of ketones is 2. The number of hydrogen-bond acceptors (Lipinski definition) is 5. The van der Waals surface area contributed by atoms with E-state index in [1.807, 2.05) is 0 Å². The highest BCUT2D eigenvalue weighted by molar-refractivity contribution is 7.12. The van der Waals surface area contributed by atoms with E-state index >= 15 is 0 Å². The number of Topliss-reactive ketones (excluding diaryl/α,β-unsaturated/α-hetero) is 2. The Balaban J connectivity index is 2.16. The summed E-state index contributed by atoms with van der Waals surface area (Å²) >= 11 is 1.03. The minimum absolute atomic E-state index is 0.118. The molecule has 0 aliphatic rings. The number of alkyl halides is 3. The van der Waals surface area contributed by atoms with Crippen LogP contribution < -0.4 is 0 Å². The van der Waals surface area contributed by atoms with Gasteiger partial charge in [-0.3, -0.25) is 14.6 Å². The molecule has 1 heterocycles. The molecular weight excluding hydrogens is 343 g/mol. The van der Waals surface area contributed by atoms with Crippen LogP contribution in [0.4, 0.5) is 13.2 Å².